The smallest absolute Gasteiger partial charge is 0.200 e. The summed E-state index contributed by atoms with van der Waals surface area (Å²) < 4.78 is 15.2. The van der Waals surface area contributed by atoms with Crippen LogP contribution < -0.4 is 14.2 Å². The number of fused-ring (bicyclic) bond motifs is 1. The lowest BCUT2D eigenvalue weighted by Gasteiger charge is -2.10. The molecule has 2 aromatic carbocycles. The van der Waals surface area contributed by atoms with Crippen molar-refractivity contribution in [1.29, 1.82) is 0 Å². The normalized spacial score (nSPS) is 10.7. The lowest BCUT2D eigenvalue weighted by molar-refractivity contribution is 0.103. The van der Waals surface area contributed by atoms with E-state index >= 15 is 0 Å². The van der Waals surface area contributed by atoms with Gasteiger partial charge in [-0.05, 0) is 18.2 Å². The molecule has 130 valence electrons. The van der Waals surface area contributed by atoms with Crippen LogP contribution in [0.5, 0.6) is 28.7 Å². The van der Waals surface area contributed by atoms with E-state index in [1.807, 2.05) is 0 Å². The molecule has 0 aliphatic carbocycles. The van der Waals surface area contributed by atoms with E-state index < -0.39 is 0 Å². The monoisotopic (exact) mass is 343 g/mol. The zero-order chi connectivity index (χ0) is 18.1. The number of benzene rings is 2. The minimum Gasteiger partial charge on any atom is -0.504 e. The van der Waals surface area contributed by atoms with Crippen LogP contribution in [-0.2, 0) is 0 Å². The summed E-state index contributed by atoms with van der Waals surface area (Å²) in [4.78, 5) is 15.9. The van der Waals surface area contributed by atoms with E-state index in [-0.39, 0.29) is 34.3 Å². The molecule has 0 saturated carbocycles. The van der Waals surface area contributed by atoms with Gasteiger partial charge in [0.05, 0.1) is 26.8 Å². The number of nitrogens with one attached hydrogen (secondary N) is 1. The SMILES string of the molecule is COc1cc2[nH]cc(C(=O)c3cc(OC)c(O)c(OC)c3)c2cc1O. The lowest BCUT2D eigenvalue weighted by atomic mass is 10.0. The van der Waals surface area contributed by atoms with E-state index in [9.17, 15) is 15.0 Å². The topological polar surface area (TPSA) is 101 Å². The van der Waals surface area contributed by atoms with Gasteiger partial charge >= 0.3 is 0 Å². The van der Waals surface area contributed by atoms with Crippen molar-refractivity contribution in [2.75, 3.05) is 21.3 Å². The highest BCUT2D eigenvalue weighted by molar-refractivity contribution is 6.17. The second kappa shape index (κ2) is 6.27. The first-order valence-electron chi connectivity index (χ1n) is 7.38. The van der Waals surface area contributed by atoms with Crippen LogP contribution in [0.1, 0.15) is 15.9 Å². The predicted octanol–water partition coefficient (Wildman–Crippen LogP) is 2.84. The summed E-state index contributed by atoms with van der Waals surface area (Å²) in [6.07, 6.45) is 1.55. The maximum atomic E-state index is 12.9. The molecule has 0 aliphatic rings. The molecule has 0 bridgehead atoms. The first-order chi connectivity index (χ1) is 12.0. The maximum absolute atomic E-state index is 12.9. The number of H-pyrrole nitrogens is 1. The van der Waals surface area contributed by atoms with Crippen molar-refractivity contribution in [2.45, 2.75) is 0 Å². The summed E-state index contributed by atoms with van der Waals surface area (Å²) >= 11 is 0. The molecule has 7 heteroatoms. The number of aromatic amines is 1. The molecule has 3 aromatic rings. The van der Waals surface area contributed by atoms with E-state index in [1.54, 1.807) is 12.3 Å². The molecule has 0 radical (unpaired) electrons. The minimum atomic E-state index is -0.313. The number of ether oxygens (including phenoxy) is 3. The number of rotatable bonds is 5. The van der Waals surface area contributed by atoms with Crippen LogP contribution in [0.3, 0.4) is 0 Å². The van der Waals surface area contributed by atoms with Gasteiger partial charge in [-0.1, -0.05) is 0 Å². The van der Waals surface area contributed by atoms with Gasteiger partial charge in [-0.2, -0.15) is 0 Å². The van der Waals surface area contributed by atoms with E-state index in [4.69, 9.17) is 14.2 Å². The summed E-state index contributed by atoms with van der Waals surface area (Å²) in [5.74, 6) is 0.0141. The molecule has 0 spiro atoms. The van der Waals surface area contributed by atoms with Gasteiger partial charge in [-0.25, -0.2) is 0 Å². The van der Waals surface area contributed by atoms with Crippen molar-refractivity contribution < 1.29 is 29.2 Å². The van der Waals surface area contributed by atoms with Crippen LogP contribution in [0.15, 0.2) is 30.5 Å². The highest BCUT2D eigenvalue weighted by Gasteiger charge is 2.20. The molecule has 3 N–H and O–H groups in total. The minimum absolute atomic E-state index is 0.0653. The highest BCUT2D eigenvalue weighted by Crippen LogP contribution is 2.38. The molecule has 25 heavy (non-hydrogen) atoms. The van der Waals surface area contributed by atoms with Crippen LogP contribution >= 0.6 is 0 Å². The second-order valence-electron chi connectivity index (χ2n) is 5.33. The van der Waals surface area contributed by atoms with Crippen LogP contribution in [0.2, 0.25) is 0 Å². The summed E-state index contributed by atoms with van der Waals surface area (Å²) in [5, 5.41) is 20.5. The number of ketones is 1. The molecule has 0 aliphatic heterocycles. The van der Waals surface area contributed by atoms with Crippen molar-refractivity contribution in [3.63, 3.8) is 0 Å². The van der Waals surface area contributed by atoms with Gasteiger partial charge in [0.2, 0.25) is 5.75 Å². The number of carbonyl (C=O) groups is 1. The Morgan fingerprint density at radius 3 is 2.08 bits per heavy atom. The summed E-state index contributed by atoms with van der Waals surface area (Å²) in [6, 6.07) is 5.94. The quantitative estimate of drug-likeness (QED) is 0.616. The Morgan fingerprint density at radius 1 is 0.920 bits per heavy atom. The highest BCUT2D eigenvalue weighted by atomic mass is 16.5. The third-order valence-electron chi connectivity index (χ3n) is 3.97. The Morgan fingerprint density at radius 2 is 1.52 bits per heavy atom. The maximum Gasteiger partial charge on any atom is 0.200 e. The standard InChI is InChI=1S/C18H17NO6/c1-23-14-7-12-10(6-13(14)20)11(8-19-12)17(21)9-4-15(24-2)18(22)16(5-9)25-3/h4-8,19-20,22H,1-3H3. The average Bonchev–Trinajstić information content (AvgIpc) is 3.03. The molecule has 0 saturated heterocycles. The van der Waals surface area contributed by atoms with Crippen LogP contribution in [0, 0.1) is 0 Å². The van der Waals surface area contributed by atoms with Gasteiger partial charge in [0.15, 0.2) is 28.8 Å². The Kier molecular flexibility index (Phi) is 4.14. The predicted molar refractivity (Wildman–Crippen MR) is 91.2 cm³/mol. The van der Waals surface area contributed by atoms with Crippen LogP contribution in [0.25, 0.3) is 10.9 Å². The van der Waals surface area contributed by atoms with E-state index in [2.05, 4.69) is 4.98 Å². The van der Waals surface area contributed by atoms with Gasteiger partial charge in [-0.3, -0.25) is 4.79 Å². The fourth-order valence-electron chi connectivity index (χ4n) is 2.67. The fraction of sp³-hybridized carbons (Fsp3) is 0.167. The molecule has 0 fully saturated rings. The van der Waals surface area contributed by atoms with E-state index in [0.29, 0.717) is 22.2 Å². The van der Waals surface area contributed by atoms with Crippen molar-refractivity contribution in [1.82, 2.24) is 4.98 Å². The second-order valence-corrected chi connectivity index (χ2v) is 5.33. The van der Waals surface area contributed by atoms with Gasteiger partial charge in [-0.15, -0.1) is 0 Å². The Balaban J connectivity index is 2.13. The molecule has 7 nitrogen and oxygen atoms in total. The van der Waals surface area contributed by atoms with Crippen molar-refractivity contribution >= 4 is 16.7 Å². The van der Waals surface area contributed by atoms with Crippen molar-refractivity contribution in [3.8, 4) is 28.7 Å². The van der Waals surface area contributed by atoms with E-state index in [1.165, 1.54) is 39.5 Å². The van der Waals surface area contributed by atoms with Gasteiger partial charge < -0.3 is 29.4 Å². The van der Waals surface area contributed by atoms with Crippen LogP contribution in [0.4, 0.5) is 0 Å². The van der Waals surface area contributed by atoms with E-state index in [0.717, 1.165) is 0 Å². The number of phenols is 2. The molecule has 3 rings (SSSR count). The zero-order valence-corrected chi connectivity index (χ0v) is 13.9. The lowest BCUT2D eigenvalue weighted by Crippen LogP contribution is -2.02. The molecular weight excluding hydrogens is 326 g/mol. The molecule has 0 atom stereocenters. The number of aromatic hydroxyl groups is 2. The zero-order valence-electron chi connectivity index (χ0n) is 13.9. The number of phenolic OH excluding ortho intramolecular Hbond substituents is 2. The average molecular weight is 343 g/mol. The van der Waals surface area contributed by atoms with Crippen LogP contribution in [-0.4, -0.2) is 42.3 Å². The summed E-state index contributed by atoms with van der Waals surface area (Å²) in [6.45, 7) is 0. The summed E-state index contributed by atoms with van der Waals surface area (Å²) in [7, 11) is 4.22. The van der Waals surface area contributed by atoms with Gasteiger partial charge in [0, 0.05) is 28.8 Å². The summed E-state index contributed by atoms with van der Waals surface area (Å²) in [5.41, 5.74) is 1.29. The Hall–Kier alpha value is -3.35. The fourth-order valence-corrected chi connectivity index (χ4v) is 2.67. The number of methoxy groups -OCH3 is 3. The number of hydrogen-bond donors (Lipinski definition) is 3. The first kappa shape index (κ1) is 16.5. The van der Waals surface area contributed by atoms with Gasteiger partial charge in [0.1, 0.15) is 0 Å². The third-order valence-corrected chi connectivity index (χ3v) is 3.97. The first-order valence-corrected chi connectivity index (χ1v) is 7.38. The number of aromatic nitrogens is 1. The van der Waals surface area contributed by atoms with Gasteiger partial charge in [0.25, 0.3) is 0 Å². The van der Waals surface area contributed by atoms with Crippen molar-refractivity contribution in [3.05, 3.63) is 41.6 Å². The van der Waals surface area contributed by atoms with Crippen molar-refractivity contribution in [2.24, 2.45) is 0 Å². The molecule has 1 heterocycles. The largest absolute Gasteiger partial charge is 0.504 e. The molecule has 0 amide bonds. The number of hydrogen-bond acceptors (Lipinski definition) is 6. The number of carbonyl (C=O) groups excluding carboxylic acids is 1. The Labute approximate surface area is 143 Å². The molecule has 0 unspecified atom stereocenters. The molecule has 1 aromatic heterocycles. The third kappa shape index (κ3) is 2.69. The molecular formula is C18H17NO6. The Bertz CT molecular complexity index is 935.